The Bertz CT molecular complexity index is 1430. The standard InChI is InChI=1S/C30H21Cl2.C2H7Si.2ClH.Zr/c1-2-18-16-26-23(12-6-13-24(26)30-27(31)14-7-15-28(30)32)29(18)22-11-5-10-21-20-9-4-3-8-19(20)17-25(21)22;1-3-2;;;/h3-10,12-16,29H,2,17H2,1H3;3H,1-2H3;2*1H;/q-1;;;;+3/p-2. The van der Waals surface area contributed by atoms with Crippen molar-refractivity contribution in [3.8, 4) is 22.3 Å². The van der Waals surface area contributed by atoms with Crippen molar-refractivity contribution in [3.05, 3.63) is 122 Å². The van der Waals surface area contributed by atoms with Gasteiger partial charge in [0.15, 0.2) is 0 Å². The molecule has 0 spiro atoms. The van der Waals surface area contributed by atoms with Gasteiger partial charge in [0.1, 0.15) is 0 Å². The molecule has 0 saturated carbocycles. The maximum Gasteiger partial charge on any atom is 3.00 e. The van der Waals surface area contributed by atoms with Crippen LogP contribution in [-0.2, 0) is 32.6 Å². The normalized spacial score (nSPS) is 13.8. The number of allylic oxidation sites excluding steroid dienone is 1. The van der Waals surface area contributed by atoms with E-state index < -0.39 is 0 Å². The minimum Gasteiger partial charge on any atom is -1.00 e. The number of hydrogen-bond acceptors (Lipinski definition) is 0. The SMILES string of the molecule is CCC1=Cc2c(-c3c(Cl)cccc3Cl)cccc2C1c1[c-]ccc2c1Cc1ccccc1-2.C[SiH]C.[Cl-].[Cl-].[Zr+3]. The molecule has 0 N–H and O–H groups in total. The fraction of sp³-hybridized carbons (Fsp3) is 0.188. The van der Waals surface area contributed by atoms with E-state index in [1.54, 1.807) is 0 Å². The van der Waals surface area contributed by atoms with Crippen molar-refractivity contribution in [1.82, 2.24) is 0 Å². The molecule has 2 radical (unpaired) electrons. The van der Waals surface area contributed by atoms with E-state index in [0.29, 0.717) is 10.0 Å². The summed E-state index contributed by atoms with van der Waals surface area (Å²) in [6, 6.07) is 28.9. The number of benzene rings is 4. The monoisotopic (exact) mass is 670 g/mol. The Morgan fingerprint density at radius 1 is 0.842 bits per heavy atom. The summed E-state index contributed by atoms with van der Waals surface area (Å²) >= 11 is 13.2. The van der Waals surface area contributed by atoms with Crippen molar-refractivity contribution in [2.45, 2.75) is 38.8 Å². The van der Waals surface area contributed by atoms with Crippen molar-refractivity contribution in [1.29, 1.82) is 0 Å². The average molecular weight is 674 g/mol. The van der Waals surface area contributed by atoms with Crippen LogP contribution in [0.4, 0.5) is 0 Å². The Morgan fingerprint density at radius 3 is 2.16 bits per heavy atom. The van der Waals surface area contributed by atoms with Crippen molar-refractivity contribution in [2.75, 3.05) is 0 Å². The van der Waals surface area contributed by atoms with E-state index in [9.17, 15) is 0 Å². The molecule has 0 nitrogen and oxygen atoms in total. The van der Waals surface area contributed by atoms with Gasteiger partial charge in [-0.15, -0.1) is 16.7 Å². The van der Waals surface area contributed by atoms with Crippen LogP contribution in [0.2, 0.25) is 23.1 Å². The zero-order chi connectivity index (χ0) is 24.5. The summed E-state index contributed by atoms with van der Waals surface area (Å²) in [5.74, 6) is 0.209. The van der Waals surface area contributed by atoms with E-state index in [4.69, 9.17) is 23.2 Å². The van der Waals surface area contributed by atoms with Crippen LogP contribution < -0.4 is 24.8 Å². The molecule has 192 valence electrons. The van der Waals surface area contributed by atoms with Crippen LogP contribution >= 0.6 is 23.2 Å². The molecule has 4 aromatic rings. The molecule has 4 aromatic carbocycles. The zero-order valence-corrected chi connectivity index (χ0v) is 28.2. The maximum absolute atomic E-state index is 6.61. The van der Waals surface area contributed by atoms with Gasteiger partial charge in [0.05, 0.1) is 0 Å². The fourth-order valence-electron chi connectivity index (χ4n) is 5.46. The van der Waals surface area contributed by atoms with E-state index in [-0.39, 0.29) is 56.9 Å². The molecule has 6 heteroatoms. The van der Waals surface area contributed by atoms with Crippen molar-refractivity contribution >= 4 is 38.8 Å². The van der Waals surface area contributed by atoms with Gasteiger partial charge in [-0.3, -0.25) is 0 Å². The summed E-state index contributed by atoms with van der Waals surface area (Å²) in [5, 5.41) is 1.37. The van der Waals surface area contributed by atoms with Crippen LogP contribution in [0.15, 0.2) is 78.4 Å². The van der Waals surface area contributed by atoms with Crippen LogP contribution in [0, 0.1) is 6.07 Å². The fourth-order valence-corrected chi connectivity index (χ4v) is 6.06. The molecular weight excluding hydrogens is 645 g/mol. The van der Waals surface area contributed by atoms with Crippen LogP contribution in [0.3, 0.4) is 0 Å². The van der Waals surface area contributed by atoms with Crippen molar-refractivity contribution in [3.63, 3.8) is 0 Å². The Labute approximate surface area is 271 Å². The van der Waals surface area contributed by atoms with E-state index in [0.717, 1.165) is 33.5 Å². The van der Waals surface area contributed by atoms with Gasteiger partial charge in [-0.2, -0.15) is 18.2 Å². The summed E-state index contributed by atoms with van der Waals surface area (Å²) in [5.41, 5.74) is 12.8. The largest absolute Gasteiger partial charge is 3.00 e. The summed E-state index contributed by atoms with van der Waals surface area (Å²) < 4.78 is 0. The molecule has 0 bridgehead atoms. The Balaban J connectivity index is 0.000000809. The average Bonchev–Trinajstić information content (AvgIpc) is 3.43. The molecule has 1 unspecified atom stereocenters. The molecule has 0 aromatic heterocycles. The summed E-state index contributed by atoms with van der Waals surface area (Å²) in [6.45, 7) is 6.66. The third kappa shape index (κ3) is 5.97. The molecule has 2 aliphatic carbocycles. The molecule has 6 rings (SSSR count). The van der Waals surface area contributed by atoms with Crippen molar-refractivity contribution < 1.29 is 51.0 Å². The number of hydrogen-bond donors (Lipinski definition) is 0. The summed E-state index contributed by atoms with van der Waals surface area (Å²) in [7, 11) is 0.750. The van der Waals surface area contributed by atoms with Crippen LogP contribution in [0.1, 0.15) is 47.1 Å². The van der Waals surface area contributed by atoms with E-state index >= 15 is 0 Å². The number of halogens is 4. The third-order valence-corrected chi connectivity index (χ3v) is 7.52. The van der Waals surface area contributed by atoms with E-state index in [1.165, 1.54) is 44.5 Å². The molecule has 2 aliphatic rings. The molecule has 0 heterocycles. The smallest absolute Gasteiger partial charge is 1.00 e. The maximum atomic E-state index is 6.61. The Hall–Kier alpha value is -1.12. The summed E-state index contributed by atoms with van der Waals surface area (Å²) in [6.07, 6.45) is 4.31. The van der Waals surface area contributed by atoms with Gasteiger partial charge < -0.3 is 24.8 Å². The van der Waals surface area contributed by atoms with Gasteiger partial charge >= 0.3 is 26.2 Å². The minimum absolute atomic E-state index is 0. The van der Waals surface area contributed by atoms with Crippen LogP contribution in [0.25, 0.3) is 28.3 Å². The third-order valence-electron chi connectivity index (χ3n) is 6.89. The van der Waals surface area contributed by atoms with Crippen LogP contribution in [0.5, 0.6) is 0 Å². The second-order valence-electron chi connectivity index (χ2n) is 9.11. The van der Waals surface area contributed by atoms with Gasteiger partial charge in [0.25, 0.3) is 0 Å². The van der Waals surface area contributed by atoms with Crippen molar-refractivity contribution in [2.24, 2.45) is 0 Å². The first-order valence-corrected chi connectivity index (χ1v) is 15.3. The predicted octanol–water partition coefficient (Wildman–Crippen LogP) is 3.50. The molecule has 1 atom stereocenters. The molecule has 0 saturated heterocycles. The topological polar surface area (TPSA) is 0 Å². The Morgan fingerprint density at radius 2 is 1.47 bits per heavy atom. The Kier molecular flexibility index (Phi) is 12.6. The zero-order valence-electron chi connectivity index (χ0n) is 21.6. The minimum atomic E-state index is 0. The van der Waals surface area contributed by atoms with Gasteiger partial charge in [0.2, 0.25) is 0 Å². The second kappa shape index (κ2) is 14.5. The number of fused-ring (bicyclic) bond motifs is 4. The molecule has 0 fully saturated rings. The second-order valence-corrected chi connectivity index (χ2v) is 11.1. The molecule has 0 aliphatic heterocycles. The summed E-state index contributed by atoms with van der Waals surface area (Å²) in [4.78, 5) is 0. The first-order valence-electron chi connectivity index (χ1n) is 12.2. The molecular formula is C32H28Cl4SiZr. The first kappa shape index (κ1) is 33.1. The predicted molar refractivity (Wildman–Crippen MR) is 154 cm³/mol. The molecule has 38 heavy (non-hydrogen) atoms. The molecule has 0 amide bonds. The van der Waals surface area contributed by atoms with E-state index in [2.05, 4.69) is 86.8 Å². The number of rotatable bonds is 3. The van der Waals surface area contributed by atoms with Gasteiger partial charge in [-0.05, 0) is 52.8 Å². The van der Waals surface area contributed by atoms with Gasteiger partial charge in [-0.1, -0.05) is 103 Å². The van der Waals surface area contributed by atoms with Gasteiger partial charge in [0, 0.05) is 31.0 Å². The van der Waals surface area contributed by atoms with Crippen LogP contribution in [-0.4, -0.2) is 9.52 Å². The van der Waals surface area contributed by atoms with Gasteiger partial charge in [-0.25, -0.2) is 0 Å². The quantitative estimate of drug-likeness (QED) is 0.204. The first-order chi connectivity index (χ1) is 17.1. The van der Waals surface area contributed by atoms with E-state index in [1.807, 2.05) is 18.2 Å².